The van der Waals surface area contributed by atoms with Gasteiger partial charge >= 0.3 is 0 Å². The zero-order valence-corrected chi connectivity index (χ0v) is 11.8. The van der Waals surface area contributed by atoms with E-state index in [2.05, 4.69) is 18.0 Å². The van der Waals surface area contributed by atoms with Gasteiger partial charge in [-0.15, -0.1) is 0 Å². The normalized spacial score (nSPS) is 12.1. The molecular weight excluding hydrogens is 248 g/mol. The highest BCUT2D eigenvalue weighted by molar-refractivity contribution is 5.94. The van der Waals surface area contributed by atoms with Crippen molar-refractivity contribution in [3.8, 4) is 0 Å². The molecule has 0 spiro atoms. The van der Waals surface area contributed by atoms with Crippen LogP contribution in [0, 0.1) is 0 Å². The van der Waals surface area contributed by atoms with Crippen LogP contribution < -0.4 is 5.73 Å². The van der Waals surface area contributed by atoms with Crippen molar-refractivity contribution in [1.82, 2.24) is 4.98 Å². The molecule has 3 heteroatoms. The minimum Gasteiger partial charge on any atom is -0.366 e. The highest BCUT2D eigenvalue weighted by Gasteiger charge is 2.13. The molecule has 0 bridgehead atoms. The second kappa shape index (κ2) is 6.85. The maximum Gasteiger partial charge on any atom is 0.248 e. The summed E-state index contributed by atoms with van der Waals surface area (Å²) in [4.78, 5) is 15.6. The van der Waals surface area contributed by atoms with E-state index in [1.165, 1.54) is 5.56 Å². The van der Waals surface area contributed by atoms with Gasteiger partial charge in [-0.05, 0) is 48.4 Å². The number of hydrogen-bond donors (Lipinski definition) is 1. The molecule has 20 heavy (non-hydrogen) atoms. The molecular formula is C17H20N2O. The molecule has 0 radical (unpaired) electrons. The summed E-state index contributed by atoms with van der Waals surface area (Å²) in [5, 5.41) is 0. The van der Waals surface area contributed by atoms with Gasteiger partial charge in [0.15, 0.2) is 0 Å². The van der Waals surface area contributed by atoms with Gasteiger partial charge in [-0.3, -0.25) is 9.78 Å². The minimum absolute atomic E-state index is 0.329. The van der Waals surface area contributed by atoms with Crippen molar-refractivity contribution >= 4 is 5.91 Å². The smallest absolute Gasteiger partial charge is 0.248 e. The first-order valence-electron chi connectivity index (χ1n) is 6.96. The zero-order valence-electron chi connectivity index (χ0n) is 11.8. The summed E-state index contributed by atoms with van der Waals surface area (Å²) >= 11 is 0. The molecule has 2 N–H and O–H groups in total. The SMILES string of the molecule is CC(CCCc1cccnc1)c1ccccc1C(N)=O. The van der Waals surface area contributed by atoms with Crippen LogP contribution in [0.15, 0.2) is 48.8 Å². The second-order valence-electron chi connectivity index (χ2n) is 5.11. The number of aromatic nitrogens is 1. The Bertz CT molecular complexity index is 566. The van der Waals surface area contributed by atoms with Gasteiger partial charge in [0.2, 0.25) is 5.91 Å². The van der Waals surface area contributed by atoms with Gasteiger partial charge in [-0.25, -0.2) is 0 Å². The van der Waals surface area contributed by atoms with Gasteiger partial charge in [-0.1, -0.05) is 31.2 Å². The van der Waals surface area contributed by atoms with Crippen molar-refractivity contribution in [2.24, 2.45) is 5.73 Å². The topological polar surface area (TPSA) is 56.0 Å². The van der Waals surface area contributed by atoms with Gasteiger partial charge in [0.1, 0.15) is 0 Å². The quantitative estimate of drug-likeness (QED) is 0.873. The van der Waals surface area contributed by atoms with Gasteiger partial charge in [-0.2, -0.15) is 0 Å². The molecule has 1 unspecified atom stereocenters. The van der Waals surface area contributed by atoms with E-state index in [1.54, 1.807) is 12.3 Å². The third kappa shape index (κ3) is 3.67. The first kappa shape index (κ1) is 14.3. The highest BCUT2D eigenvalue weighted by Crippen LogP contribution is 2.24. The van der Waals surface area contributed by atoms with Crippen LogP contribution in [-0.2, 0) is 6.42 Å². The molecule has 104 valence electrons. The summed E-state index contributed by atoms with van der Waals surface area (Å²) in [7, 11) is 0. The lowest BCUT2D eigenvalue weighted by Gasteiger charge is -2.14. The Kier molecular flexibility index (Phi) is 4.88. The van der Waals surface area contributed by atoms with Gasteiger partial charge in [0.25, 0.3) is 0 Å². The largest absolute Gasteiger partial charge is 0.366 e. The molecule has 2 rings (SSSR count). The molecule has 0 aliphatic carbocycles. The van der Waals surface area contributed by atoms with Crippen LogP contribution in [0.1, 0.15) is 47.2 Å². The molecule has 0 aliphatic heterocycles. The summed E-state index contributed by atoms with van der Waals surface area (Å²) in [6, 6.07) is 11.7. The van der Waals surface area contributed by atoms with Crippen LogP contribution >= 0.6 is 0 Å². The summed E-state index contributed by atoms with van der Waals surface area (Å²) in [6.45, 7) is 2.14. The van der Waals surface area contributed by atoms with E-state index in [4.69, 9.17) is 5.73 Å². The lowest BCUT2D eigenvalue weighted by atomic mass is 9.90. The van der Waals surface area contributed by atoms with Crippen LogP contribution in [0.25, 0.3) is 0 Å². The Morgan fingerprint density at radius 2 is 2.05 bits per heavy atom. The van der Waals surface area contributed by atoms with Crippen LogP contribution in [-0.4, -0.2) is 10.9 Å². The standard InChI is InChI=1S/C17H20N2O/c1-13(6-4-7-14-8-5-11-19-12-14)15-9-2-3-10-16(15)17(18)20/h2-3,5,8-13H,4,6-7H2,1H3,(H2,18,20). The average molecular weight is 268 g/mol. The molecule has 0 saturated carbocycles. The first-order chi connectivity index (χ1) is 9.68. The molecule has 1 amide bonds. The fourth-order valence-electron chi connectivity index (χ4n) is 2.47. The number of rotatable bonds is 6. The number of amides is 1. The lowest BCUT2D eigenvalue weighted by molar-refractivity contribution is 0.0999. The Balaban J connectivity index is 1.95. The van der Waals surface area contributed by atoms with E-state index in [0.29, 0.717) is 11.5 Å². The number of carbonyl (C=O) groups is 1. The maximum atomic E-state index is 11.4. The van der Waals surface area contributed by atoms with Crippen LogP contribution in [0.4, 0.5) is 0 Å². The van der Waals surface area contributed by atoms with E-state index in [1.807, 2.05) is 30.5 Å². The molecule has 0 saturated heterocycles. The van der Waals surface area contributed by atoms with E-state index >= 15 is 0 Å². The predicted molar refractivity (Wildman–Crippen MR) is 80.5 cm³/mol. The van der Waals surface area contributed by atoms with Crippen LogP contribution in [0.5, 0.6) is 0 Å². The number of aryl methyl sites for hydroxylation is 1. The fourth-order valence-corrected chi connectivity index (χ4v) is 2.47. The summed E-state index contributed by atoms with van der Waals surface area (Å²) < 4.78 is 0. The Morgan fingerprint density at radius 3 is 2.75 bits per heavy atom. The number of carbonyl (C=O) groups excluding carboxylic acids is 1. The third-order valence-corrected chi connectivity index (χ3v) is 3.58. The van der Waals surface area contributed by atoms with Crippen molar-refractivity contribution in [1.29, 1.82) is 0 Å². The number of hydrogen-bond acceptors (Lipinski definition) is 2. The molecule has 3 nitrogen and oxygen atoms in total. The Hall–Kier alpha value is -2.16. The van der Waals surface area contributed by atoms with Crippen LogP contribution in [0.2, 0.25) is 0 Å². The van der Waals surface area contributed by atoms with Gasteiger partial charge in [0.05, 0.1) is 0 Å². The number of primary amides is 1. The average Bonchev–Trinajstić information content (AvgIpc) is 2.48. The molecule has 0 aliphatic rings. The molecule has 1 aromatic heterocycles. The maximum absolute atomic E-state index is 11.4. The van der Waals surface area contributed by atoms with E-state index in [9.17, 15) is 4.79 Å². The van der Waals surface area contributed by atoms with Crippen LogP contribution in [0.3, 0.4) is 0 Å². The van der Waals surface area contributed by atoms with Crippen molar-refractivity contribution in [2.75, 3.05) is 0 Å². The molecule has 0 fully saturated rings. The molecule has 1 heterocycles. The van der Waals surface area contributed by atoms with Crippen molar-refractivity contribution in [2.45, 2.75) is 32.1 Å². The second-order valence-corrected chi connectivity index (χ2v) is 5.11. The number of pyridine rings is 1. The Morgan fingerprint density at radius 1 is 1.25 bits per heavy atom. The van der Waals surface area contributed by atoms with Crippen molar-refractivity contribution in [3.63, 3.8) is 0 Å². The first-order valence-corrected chi connectivity index (χ1v) is 6.96. The molecule has 1 atom stereocenters. The van der Waals surface area contributed by atoms with Crippen molar-refractivity contribution < 1.29 is 4.79 Å². The third-order valence-electron chi connectivity index (χ3n) is 3.58. The highest BCUT2D eigenvalue weighted by atomic mass is 16.1. The van der Waals surface area contributed by atoms with E-state index in [-0.39, 0.29) is 5.91 Å². The van der Waals surface area contributed by atoms with E-state index in [0.717, 1.165) is 24.8 Å². The summed E-state index contributed by atoms with van der Waals surface area (Å²) in [5.74, 6) is -0.0184. The minimum atomic E-state index is -0.347. The predicted octanol–water partition coefficient (Wildman–Crippen LogP) is 3.31. The molecule has 2 aromatic rings. The van der Waals surface area contributed by atoms with Crippen molar-refractivity contribution in [3.05, 3.63) is 65.5 Å². The number of benzene rings is 1. The number of nitrogens with two attached hydrogens (primary N) is 1. The molecule has 1 aromatic carbocycles. The number of nitrogens with zero attached hydrogens (tertiary/aromatic N) is 1. The Labute approximate surface area is 119 Å². The lowest BCUT2D eigenvalue weighted by Crippen LogP contribution is -2.14. The summed E-state index contributed by atoms with van der Waals surface area (Å²) in [6.07, 6.45) is 6.80. The van der Waals surface area contributed by atoms with E-state index < -0.39 is 0 Å². The van der Waals surface area contributed by atoms with Gasteiger partial charge < -0.3 is 5.73 Å². The monoisotopic (exact) mass is 268 g/mol. The zero-order chi connectivity index (χ0) is 14.4. The fraction of sp³-hybridized carbons (Fsp3) is 0.294. The summed E-state index contributed by atoms with van der Waals surface area (Å²) in [5.41, 5.74) is 8.37. The van der Waals surface area contributed by atoms with Gasteiger partial charge in [0, 0.05) is 18.0 Å².